The number of hydrogen-bond acceptors (Lipinski definition) is 8. The zero-order chi connectivity index (χ0) is 23.6. The molecule has 0 unspecified atom stereocenters. The molecule has 0 radical (unpaired) electrons. The van der Waals surface area contributed by atoms with Crippen LogP contribution >= 0.6 is 34.5 Å². The first-order chi connectivity index (χ1) is 15.8. The molecule has 33 heavy (non-hydrogen) atoms. The number of nitrogens with one attached hydrogen (secondary N) is 1. The van der Waals surface area contributed by atoms with Crippen LogP contribution in [0.25, 0.3) is 10.3 Å². The van der Waals surface area contributed by atoms with E-state index in [-0.39, 0.29) is 16.5 Å². The molecule has 0 saturated carbocycles. The van der Waals surface area contributed by atoms with E-state index in [0.29, 0.717) is 30.0 Å². The lowest BCUT2D eigenvalue weighted by molar-refractivity contribution is -0.141. The lowest BCUT2D eigenvalue weighted by atomic mass is 10.1. The molecule has 7 nitrogen and oxygen atoms in total. The van der Waals surface area contributed by atoms with Gasteiger partial charge in [-0.05, 0) is 24.1 Å². The van der Waals surface area contributed by atoms with E-state index in [1.165, 1.54) is 24.8 Å². The zero-order valence-corrected chi connectivity index (χ0v) is 19.1. The van der Waals surface area contributed by atoms with E-state index >= 15 is 0 Å². The first kappa shape index (κ1) is 23.3. The fourth-order valence-corrected chi connectivity index (χ4v) is 4.10. The fraction of sp³-hybridized carbons (Fsp3) is 0.200. The van der Waals surface area contributed by atoms with Crippen LogP contribution in [0.5, 0.6) is 17.2 Å². The number of methoxy groups -OCH3 is 1. The average molecular weight is 516 g/mol. The summed E-state index contributed by atoms with van der Waals surface area (Å²) in [5, 5.41) is 2.32. The van der Waals surface area contributed by atoms with E-state index in [1.807, 2.05) is 0 Å². The van der Waals surface area contributed by atoms with E-state index in [2.05, 4.69) is 25.3 Å². The molecule has 0 amide bonds. The molecule has 0 aliphatic rings. The Hall–Kier alpha value is -2.89. The van der Waals surface area contributed by atoms with Gasteiger partial charge in [-0.15, -0.1) is 11.3 Å². The van der Waals surface area contributed by atoms with E-state index in [1.54, 1.807) is 23.7 Å². The Labute approximate surface area is 199 Å². The molecule has 0 atom stereocenters. The number of anilines is 1. The predicted octanol–water partition coefficient (Wildman–Crippen LogP) is 6.26. The minimum atomic E-state index is -4.76. The normalized spacial score (nSPS) is 11.6. The quantitative estimate of drug-likeness (QED) is 0.310. The van der Waals surface area contributed by atoms with Crippen LogP contribution < -0.4 is 14.8 Å². The SMILES string of the molecule is COc1cc(CCNc2ncnc3scnc23)ccc1Oc1c(Cl)cnc(C(F)(F)F)c1Cl. The number of benzene rings is 1. The maximum atomic E-state index is 13.1. The summed E-state index contributed by atoms with van der Waals surface area (Å²) >= 11 is 13.3. The van der Waals surface area contributed by atoms with Gasteiger partial charge >= 0.3 is 6.18 Å². The molecule has 0 aliphatic carbocycles. The Kier molecular flexibility index (Phi) is 6.73. The van der Waals surface area contributed by atoms with Crippen molar-refractivity contribution in [2.75, 3.05) is 19.0 Å². The van der Waals surface area contributed by atoms with E-state index < -0.39 is 16.9 Å². The summed E-state index contributed by atoms with van der Waals surface area (Å²) in [5.41, 5.74) is 2.00. The second-order valence-electron chi connectivity index (χ2n) is 6.59. The third kappa shape index (κ3) is 5.05. The minimum absolute atomic E-state index is 0.150. The van der Waals surface area contributed by atoms with Crippen molar-refractivity contribution in [1.29, 1.82) is 0 Å². The van der Waals surface area contributed by atoms with Gasteiger partial charge in [0, 0.05) is 6.54 Å². The van der Waals surface area contributed by atoms with Crippen LogP contribution in [0, 0.1) is 0 Å². The van der Waals surface area contributed by atoms with Crippen molar-refractivity contribution in [3.05, 3.63) is 57.5 Å². The summed E-state index contributed by atoms with van der Waals surface area (Å²) < 4.78 is 50.3. The number of ether oxygens (including phenoxy) is 2. The third-order valence-corrected chi connectivity index (χ3v) is 5.83. The highest BCUT2D eigenvalue weighted by Gasteiger charge is 2.37. The highest BCUT2D eigenvalue weighted by molar-refractivity contribution is 7.16. The van der Waals surface area contributed by atoms with Gasteiger partial charge in [0.05, 0.1) is 18.8 Å². The summed E-state index contributed by atoms with van der Waals surface area (Å²) in [5.74, 6) is 0.728. The number of aromatic nitrogens is 4. The van der Waals surface area contributed by atoms with Crippen molar-refractivity contribution < 1.29 is 22.6 Å². The van der Waals surface area contributed by atoms with Crippen LogP contribution in [-0.2, 0) is 12.6 Å². The molecule has 13 heteroatoms. The molecule has 3 heterocycles. The van der Waals surface area contributed by atoms with Gasteiger partial charge in [0.15, 0.2) is 28.8 Å². The molecule has 1 aromatic carbocycles. The Morgan fingerprint density at radius 1 is 1.09 bits per heavy atom. The standard InChI is InChI=1S/C20H14Cl2F3N5O2S/c1-31-13-6-10(4-5-26-18-15-19(29-8-28-18)33-9-30-15)2-3-12(13)32-16-11(21)7-27-17(14(16)22)20(23,24)25/h2-3,6-9H,4-5H2,1H3,(H,26,28,29). The number of halogens is 5. The van der Waals surface area contributed by atoms with E-state index in [0.717, 1.165) is 16.6 Å². The Balaban J connectivity index is 1.50. The molecule has 0 saturated heterocycles. The third-order valence-electron chi connectivity index (χ3n) is 4.48. The molecule has 172 valence electrons. The molecule has 4 rings (SSSR count). The van der Waals surface area contributed by atoms with Crippen LogP contribution in [0.1, 0.15) is 11.3 Å². The summed E-state index contributed by atoms with van der Waals surface area (Å²) in [6, 6.07) is 5.03. The predicted molar refractivity (Wildman–Crippen MR) is 120 cm³/mol. The van der Waals surface area contributed by atoms with Crippen molar-refractivity contribution in [3.8, 4) is 17.2 Å². The van der Waals surface area contributed by atoms with E-state index in [4.69, 9.17) is 32.7 Å². The highest BCUT2D eigenvalue weighted by atomic mass is 35.5. The van der Waals surface area contributed by atoms with Crippen LogP contribution in [0.3, 0.4) is 0 Å². The van der Waals surface area contributed by atoms with Crippen LogP contribution in [-0.4, -0.2) is 33.6 Å². The van der Waals surface area contributed by atoms with Gasteiger partial charge in [0.2, 0.25) is 0 Å². The average Bonchev–Trinajstić information content (AvgIpc) is 3.26. The Morgan fingerprint density at radius 2 is 1.91 bits per heavy atom. The number of hydrogen-bond donors (Lipinski definition) is 1. The topological polar surface area (TPSA) is 82.0 Å². The fourth-order valence-electron chi connectivity index (χ4n) is 2.95. The Bertz CT molecular complexity index is 1300. The van der Waals surface area contributed by atoms with Crippen molar-refractivity contribution in [1.82, 2.24) is 19.9 Å². The van der Waals surface area contributed by atoms with Gasteiger partial charge in [-0.25, -0.2) is 19.9 Å². The summed E-state index contributed by atoms with van der Waals surface area (Å²) in [6.07, 6.45) is -1.85. The second-order valence-corrected chi connectivity index (χ2v) is 8.21. The number of fused-ring (bicyclic) bond motifs is 1. The lowest BCUT2D eigenvalue weighted by Crippen LogP contribution is -2.09. The number of pyridine rings is 1. The number of nitrogens with zero attached hydrogens (tertiary/aromatic N) is 4. The first-order valence-corrected chi connectivity index (χ1v) is 11.0. The summed E-state index contributed by atoms with van der Waals surface area (Å²) in [7, 11) is 1.42. The van der Waals surface area contributed by atoms with Gasteiger partial charge in [-0.1, -0.05) is 29.3 Å². The summed E-state index contributed by atoms with van der Waals surface area (Å²) in [6.45, 7) is 0.546. The molecule has 0 spiro atoms. The number of thiazole rings is 1. The molecule has 4 aromatic rings. The first-order valence-electron chi connectivity index (χ1n) is 9.32. The molecular formula is C20H14Cl2F3N5O2S. The van der Waals surface area contributed by atoms with Crippen molar-refractivity contribution in [2.24, 2.45) is 0 Å². The van der Waals surface area contributed by atoms with Crippen molar-refractivity contribution in [2.45, 2.75) is 12.6 Å². The smallest absolute Gasteiger partial charge is 0.434 e. The minimum Gasteiger partial charge on any atom is -0.493 e. The Morgan fingerprint density at radius 3 is 2.67 bits per heavy atom. The number of alkyl halides is 3. The van der Waals surface area contributed by atoms with Crippen LogP contribution in [0.4, 0.5) is 19.0 Å². The molecule has 0 bridgehead atoms. The zero-order valence-electron chi connectivity index (χ0n) is 16.8. The number of rotatable bonds is 7. The monoisotopic (exact) mass is 515 g/mol. The van der Waals surface area contributed by atoms with Gasteiger partial charge in [0.25, 0.3) is 0 Å². The van der Waals surface area contributed by atoms with Gasteiger partial charge < -0.3 is 14.8 Å². The molecule has 0 aliphatic heterocycles. The largest absolute Gasteiger partial charge is 0.493 e. The van der Waals surface area contributed by atoms with Crippen molar-refractivity contribution >= 4 is 50.7 Å². The molecular weight excluding hydrogens is 502 g/mol. The van der Waals surface area contributed by atoms with Crippen LogP contribution in [0.2, 0.25) is 10.0 Å². The van der Waals surface area contributed by atoms with Gasteiger partial charge in [-0.2, -0.15) is 13.2 Å². The molecule has 1 N–H and O–H groups in total. The van der Waals surface area contributed by atoms with Crippen LogP contribution in [0.15, 0.2) is 36.2 Å². The molecule has 3 aromatic heterocycles. The maximum absolute atomic E-state index is 13.1. The second kappa shape index (κ2) is 9.54. The highest BCUT2D eigenvalue weighted by Crippen LogP contribution is 2.44. The maximum Gasteiger partial charge on any atom is 0.434 e. The summed E-state index contributed by atoms with van der Waals surface area (Å²) in [4.78, 5) is 16.7. The van der Waals surface area contributed by atoms with Gasteiger partial charge in [-0.3, -0.25) is 0 Å². The lowest BCUT2D eigenvalue weighted by Gasteiger charge is -2.16. The molecule has 0 fully saturated rings. The van der Waals surface area contributed by atoms with Crippen molar-refractivity contribution in [3.63, 3.8) is 0 Å². The van der Waals surface area contributed by atoms with Gasteiger partial charge in [0.1, 0.15) is 26.7 Å². The van der Waals surface area contributed by atoms with E-state index in [9.17, 15) is 13.2 Å².